The third-order valence-electron chi connectivity index (χ3n) is 8.29. The molecule has 0 bridgehead atoms. The van der Waals surface area contributed by atoms with Crippen molar-refractivity contribution in [2.45, 2.75) is 73.9 Å². The molecule has 2 aromatic carbocycles. The second-order valence-electron chi connectivity index (χ2n) is 10.9. The van der Waals surface area contributed by atoms with Crippen molar-refractivity contribution in [3.63, 3.8) is 0 Å². The van der Waals surface area contributed by atoms with E-state index in [-0.39, 0.29) is 11.4 Å². The highest BCUT2D eigenvalue weighted by Crippen LogP contribution is 2.46. The van der Waals surface area contributed by atoms with Gasteiger partial charge in [0.1, 0.15) is 60.8 Å². The summed E-state index contributed by atoms with van der Waals surface area (Å²) in [6, 6.07) is 15.1. The predicted molar refractivity (Wildman–Crippen MR) is 149 cm³/mol. The van der Waals surface area contributed by atoms with E-state index in [1.165, 1.54) is 23.5 Å². The van der Waals surface area contributed by atoms with E-state index >= 15 is 0 Å². The average molecular weight is 607 g/mol. The van der Waals surface area contributed by atoms with Crippen molar-refractivity contribution in [3.05, 3.63) is 82.0 Å². The van der Waals surface area contributed by atoms with Gasteiger partial charge >= 0.3 is 0 Å². The van der Waals surface area contributed by atoms with Gasteiger partial charge in [0.2, 0.25) is 0 Å². The number of hydrogen-bond acceptors (Lipinski definition) is 11. The summed E-state index contributed by atoms with van der Waals surface area (Å²) in [5.41, 5.74) is 0.558. The first-order valence-electron chi connectivity index (χ1n) is 13.6. The van der Waals surface area contributed by atoms with Crippen LogP contribution < -0.4 is 0 Å². The number of ether oxygens (including phenoxy) is 2. The van der Waals surface area contributed by atoms with E-state index in [0.717, 1.165) is 26.4 Å². The number of benzene rings is 2. The lowest BCUT2D eigenvalue weighted by Crippen LogP contribution is -2.73. The monoisotopic (exact) mass is 606 g/mol. The molecule has 0 aliphatic carbocycles. The lowest BCUT2D eigenvalue weighted by Gasteiger charge is -2.55. The van der Waals surface area contributed by atoms with Gasteiger partial charge in [0.15, 0.2) is 5.60 Å². The van der Waals surface area contributed by atoms with Gasteiger partial charge < -0.3 is 50.3 Å². The van der Waals surface area contributed by atoms with Crippen molar-refractivity contribution >= 4 is 11.3 Å². The van der Waals surface area contributed by atoms with Crippen molar-refractivity contribution in [3.8, 4) is 10.4 Å². The van der Waals surface area contributed by atoms with Crippen LogP contribution in [-0.4, -0.2) is 109 Å². The van der Waals surface area contributed by atoms with Crippen LogP contribution in [0.15, 0.2) is 54.6 Å². The summed E-state index contributed by atoms with van der Waals surface area (Å²) in [4.78, 5) is 1.90. The van der Waals surface area contributed by atoms with E-state index in [1.54, 1.807) is 30.3 Å². The zero-order chi connectivity index (χ0) is 30.3. The van der Waals surface area contributed by atoms with E-state index in [1.807, 2.05) is 19.1 Å². The van der Waals surface area contributed by atoms with Crippen LogP contribution in [0.2, 0.25) is 0 Å². The van der Waals surface area contributed by atoms with E-state index in [9.17, 15) is 45.2 Å². The van der Waals surface area contributed by atoms with Crippen molar-refractivity contribution < 1.29 is 54.7 Å². The molecule has 2 aliphatic rings. The predicted octanol–water partition coefficient (Wildman–Crippen LogP) is -0.0351. The Morgan fingerprint density at radius 3 is 2.12 bits per heavy atom. The molecular weight excluding hydrogens is 571 g/mol. The summed E-state index contributed by atoms with van der Waals surface area (Å²) < 4.78 is 25.3. The third kappa shape index (κ3) is 5.42. The van der Waals surface area contributed by atoms with Crippen LogP contribution in [0.3, 0.4) is 0 Å². The van der Waals surface area contributed by atoms with Crippen LogP contribution >= 0.6 is 11.3 Å². The molecule has 3 heterocycles. The highest BCUT2D eigenvalue weighted by molar-refractivity contribution is 7.15. The first-order chi connectivity index (χ1) is 20.0. The van der Waals surface area contributed by atoms with E-state index in [0.29, 0.717) is 6.42 Å². The SMILES string of the molecule is Cc1ccc(C2([C@@H]3O[C@H](CO)[C@@H](O)[C@H](O)[C@H]3O)O[C@H](CO)[C@@H](O)[C@H](O)[C@H]2O)cc1Cc1ccc(-c2ccc(F)cc2)s1. The first-order valence-corrected chi connectivity index (χ1v) is 14.4. The number of aliphatic hydroxyl groups excluding tert-OH is 8. The molecule has 1 unspecified atom stereocenters. The van der Waals surface area contributed by atoms with Crippen LogP contribution in [0.1, 0.15) is 21.6 Å². The molecule has 10 atom stereocenters. The molecule has 5 rings (SSSR count). The maximum Gasteiger partial charge on any atom is 0.151 e. The zero-order valence-electron chi connectivity index (χ0n) is 22.7. The van der Waals surface area contributed by atoms with Crippen LogP contribution in [0.5, 0.6) is 0 Å². The summed E-state index contributed by atoms with van der Waals surface area (Å²) in [5.74, 6) is -0.329. The molecule has 2 saturated heterocycles. The summed E-state index contributed by atoms with van der Waals surface area (Å²) >= 11 is 1.51. The van der Waals surface area contributed by atoms with E-state index < -0.39 is 73.8 Å². The molecule has 2 fully saturated rings. The molecule has 228 valence electrons. The largest absolute Gasteiger partial charge is 0.394 e. The van der Waals surface area contributed by atoms with Crippen LogP contribution in [0.4, 0.5) is 4.39 Å². The minimum Gasteiger partial charge on any atom is -0.394 e. The van der Waals surface area contributed by atoms with Crippen LogP contribution in [0, 0.1) is 12.7 Å². The van der Waals surface area contributed by atoms with Crippen molar-refractivity contribution in [1.82, 2.24) is 0 Å². The summed E-state index contributed by atoms with van der Waals surface area (Å²) in [6.45, 7) is 0.377. The number of hydrogen-bond donors (Lipinski definition) is 8. The van der Waals surface area contributed by atoms with E-state index in [4.69, 9.17) is 9.47 Å². The molecular formula is C30H35FO10S. The van der Waals surface area contributed by atoms with Gasteiger partial charge in [0.25, 0.3) is 0 Å². The number of rotatable bonds is 7. The minimum atomic E-state index is -2.16. The lowest BCUT2D eigenvalue weighted by atomic mass is 9.71. The molecule has 8 N–H and O–H groups in total. The van der Waals surface area contributed by atoms with Gasteiger partial charge in [0, 0.05) is 16.2 Å². The summed E-state index contributed by atoms with van der Waals surface area (Å²) in [5, 5.41) is 84.7. The molecule has 3 aromatic rings. The lowest BCUT2D eigenvalue weighted by molar-refractivity contribution is -0.348. The standard InChI is InChI=1S/C30H35FO10S/c1-14-2-5-17(10-16(14)11-19-8-9-22(42-19)15-3-6-18(31)7-4-15)30(28(39)26(37)24(35)21(13-33)41-30)29-27(38)25(36)23(34)20(12-32)40-29/h2-10,20-21,23-29,32-39H,11-13H2,1H3/t20-,21-,23-,24-,25+,26+,27-,28-,29-,30?/m1/s1. The first kappa shape index (κ1) is 31.1. The highest BCUT2D eigenvalue weighted by atomic mass is 32.1. The van der Waals surface area contributed by atoms with E-state index in [2.05, 4.69) is 0 Å². The Morgan fingerprint density at radius 1 is 0.786 bits per heavy atom. The molecule has 0 saturated carbocycles. The summed E-state index contributed by atoms with van der Waals surface area (Å²) in [7, 11) is 0. The Balaban J connectivity index is 1.57. The summed E-state index contributed by atoms with van der Waals surface area (Å²) in [6.07, 6.45) is -14.8. The molecule has 2 aliphatic heterocycles. The van der Waals surface area contributed by atoms with Gasteiger partial charge in [-0.1, -0.05) is 30.3 Å². The van der Waals surface area contributed by atoms with Crippen molar-refractivity contribution in [2.75, 3.05) is 13.2 Å². The van der Waals surface area contributed by atoms with Gasteiger partial charge in [-0.2, -0.15) is 0 Å². The highest BCUT2D eigenvalue weighted by Gasteiger charge is 2.63. The number of thiophene rings is 1. The van der Waals surface area contributed by atoms with Gasteiger partial charge in [0.05, 0.1) is 13.2 Å². The Kier molecular flexibility index (Phi) is 9.14. The molecule has 1 aromatic heterocycles. The van der Waals surface area contributed by atoms with Crippen molar-refractivity contribution in [2.24, 2.45) is 0 Å². The van der Waals surface area contributed by atoms with Gasteiger partial charge in [-0.3, -0.25) is 0 Å². The molecule has 12 heteroatoms. The molecule has 0 amide bonds. The van der Waals surface area contributed by atoms with Gasteiger partial charge in [-0.25, -0.2) is 4.39 Å². The fourth-order valence-electron chi connectivity index (χ4n) is 5.83. The second-order valence-corrected chi connectivity index (χ2v) is 12.1. The third-order valence-corrected chi connectivity index (χ3v) is 9.42. The van der Waals surface area contributed by atoms with Gasteiger partial charge in [-0.15, -0.1) is 11.3 Å². The van der Waals surface area contributed by atoms with Crippen LogP contribution in [-0.2, 0) is 21.5 Å². The maximum atomic E-state index is 13.4. The molecule has 0 radical (unpaired) electrons. The number of aliphatic hydroxyl groups is 8. The normalized spacial score (nSPS) is 35.3. The Labute approximate surface area is 245 Å². The number of halogens is 1. The molecule has 0 spiro atoms. The fraction of sp³-hybridized carbons (Fsp3) is 0.467. The van der Waals surface area contributed by atoms with Crippen molar-refractivity contribution in [1.29, 1.82) is 0 Å². The molecule has 10 nitrogen and oxygen atoms in total. The van der Waals surface area contributed by atoms with Gasteiger partial charge in [-0.05, 0) is 53.4 Å². The quantitative estimate of drug-likeness (QED) is 0.182. The Hall–Kier alpha value is -2.33. The van der Waals surface area contributed by atoms with Crippen LogP contribution in [0.25, 0.3) is 10.4 Å². The minimum absolute atomic E-state index is 0.208. The maximum absolute atomic E-state index is 13.4. The smallest absolute Gasteiger partial charge is 0.151 e. The Bertz CT molecular complexity index is 1360. The Morgan fingerprint density at radius 2 is 1.45 bits per heavy atom. The second kappa shape index (κ2) is 12.3. The zero-order valence-corrected chi connectivity index (χ0v) is 23.5. The fourth-order valence-corrected chi connectivity index (χ4v) is 6.86. The average Bonchev–Trinajstić information content (AvgIpc) is 3.45. The topological polar surface area (TPSA) is 180 Å². The number of aryl methyl sites for hydroxylation is 1. The molecule has 42 heavy (non-hydrogen) atoms.